The summed E-state index contributed by atoms with van der Waals surface area (Å²) < 4.78 is 24.4. The number of fused-ring (bicyclic) bond motifs is 1. The molecule has 0 aromatic heterocycles. The number of nitrogens with zero attached hydrogens (tertiary/aromatic N) is 1. The van der Waals surface area contributed by atoms with Crippen LogP contribution in [0, 0.1) is 29.6 Å². The van der Waals surface area contributed by atoms with E-state index >= 15 is 0 Å². The number of likely N-dealkylation sites (tertiary alicyclic amines) is 1. The van der Waals surface area contributed by atoms with E-state index in [0.717, 1.165) is 70.5 Å². The minimum absolute atomic E-state index is 0.0243. The van der Waals surface area contributed by atoms with E-state index in [0.29, 0.717) is 57.3 Å². The SMILES string of the molecule is CC/C(=C(\C1CCC(O)CC1)C1CCC(OCCCOCCCOCCCOC2CCCC3C(=O)N(C4CCC(=O)NC4=O)CC23)CC1)C1CCCCC1. The summed E-state index contributed by atoms with van der Waals surface area (Å²) in [5, 5.41) is 12.6. The zero-order chi connectivity index (χ0) is 37.7. The van der Waals surface area contributed by atoms with Crippen LogP contribution in [0.2, 0.25) is 0 Å². The highest BCUT2D eigenvalue weighted by molar-refractivity contribution is 6.02. The van der Waals surface area contributed by atoms with E-state index in [1.807, 2.05) is 11.1 Å². The van der Waals surface area contributed by atoms with Gasteiger partial charge in [-0.2, -0.15) is 0 Å². The lowest BCUT2D eigenvalue weighted by Gasteiger charge is -2.39. The summed E-state index contributed by atoms with van der Waals surface area (Å²) in [7, 11) is 0. The smallest absolute Gasteiger partial charge is 0.249 e. The number of nitrogens with one attached hydrogen (secondary N) is 1. The molecule has 3 amide bonds. The van der Waals surface area contributed by atoms with Gasteiger partial charge in [-0.3, -0.25) is 19.7 Å². The summed E-state index contributed by atoms with van der Waals surface area (Å²) in [6.07, 6.45) is 23.7. The number of hydrogen-bond acceptors (Lipinski definition) is 8. The molecule has 2 aliphatic heterocycles. The monoisotopic (exact) mass is 757 g/mol. The molecule has 6 aliphatic rings. The number of hydrogen-bond donors (Lipinski definition) is 2. The minimum atomic E-state index is -0.535. The Bertz CT molecular complexity index is 1220. The van der Waals surface area contributed by atoms with Gasteiger partial charge in [-0.25, -0.2) is 0 Å². The number of ether oxygens (including phenoxy) is 4. The van der Waals surface area contributed by atoms with Crippen LogP contribution in [0.1, 0.15) is 148 Å². The first-order chi connectivity index (χ1) is 26.4. The van der Waals surface area contributed by atoms with Crippen molar-refractivity contribution in [2.75, 3.05) is 46.2 Å². The minimum Gasteiger partial charge on any atom is -0.393 e. The van der Waals surface area contributed by atoms with Crippen molar-refractivity contribution < 1.29 is 38.4 Å². The lowest BCUT2D eigenvalue weighted by Crippen LogP contribution is -2.53. The van der Waals surface area contributed by atoms with Gasteiger partial charge in [-0.05, 0) is 127 Å². The predicted octanol–water partition coefficient (Wildman–Crippen LogP) is 7.05. The maximum atomic E-state index is 13.2. The van der Waals surface area contributed by atoms with Crippen molar-refractivity contribution >= 4 is 17.7 Å². The molecule has 0 radical (unpaired) electrons. The van der Waals surface area contributed by atoms with Crippen molar-refractivity contribution in [3.63, 3.8) is 0 Å². The number of piperidine rings is 1. The van der Waals surface area contributed by atoms with Gasteiger partial charge in [-0.1, -0.05) is 43.8 Å². The van der Waals surface area contributed by atoms with Crippen molar-refractivity contribution in [2.24, 2.45) is 29.6 Å². The molecular weight excluding hydrogens is 684 g/mol. The summed E-state index contributed by atoms with van der Waals surface area (Å²) in [6.45, 7) is 7.03. The van der Waals surface area contributed by atoms with Gasteiger partial charge in [-0.15, -0.1) is 0 Å². The van der Waals surface area contributed by atoms with Crippen LogP contribution in [-0.2, 0) is 33.3 Å². The molecule has 0 aromatic carbocycles. The fourth-order valence-electron chi connectivity index (χ4n) is 11.0. The van der Waals surface area contributed by atoms with E-state index in [2.05, 4.69) is 12.2 Å². The molecule has 2 N–H and O–H groups in total. The van der Waals surface area contributed by atoms with Crippen LogP contribution in [0.5, 0.6) is 0 Å². The third-order valence-corrected chi connectivity index (χ3v) is 13.8. The average Bonchev–Trinajstić information content (AvgIpc) is 3.53. The van der Waals surface area contributed by atoms with E-state index in [4.69, 9.17) is 18.9 Å². The second-order valence-electron chi connectivity index (χ2n) is 17.4. The van der Waals surface area contributed by atoms with Crippen LogP contribution < -0.4 is 5.32 Å². The number of allylic oxidation sites excluding steroid dienone is 2. The van der Waals surface area contributed by atoms with E-state index < -0.39 is 6.04 Å². The largest absolute Gasteiger partial charge is 0.393 e. The molecule has 10 nitrogen and oxygen atoms in total. The molecule has 54 heavy (non-hydrogen) atoms. The van der Waals surface area contributed by atoms with Crippen LogP contribution in [0.4, 0.5) is 0 Å². The van der Waals surface area contributed by atoms with Crippen LogP contribution >= 0.6 is 0 Å². The van der Waals surface area contributed by atoms with E-state index in [-0.39, 0.29) is 48.2 Å². The fourth-order valence-corrected chi connectivity index (χ4v) is 11.0. The maximum absolute atomic E-state index is 13.2. The molecule has 4 unspecified atom stereocenters. The first-order valence-corrected chi connectivity index (χ1v) is 22.4. The van der Waals surface area contributed by atoms with Crippen molar-refractivity contribution in [1.29, 1.82) is 0 Å². The number of aliphatic hydroxyl groups is 1. The quantitative estimate of drug-likeness (QED) is 0.0817. The first-order valence-electron chi connectivity index (χ1n) is 22.4. The summed E-state index contributed by atoms with van der Waals surface area (Å²) in [5.41, 5.74) is 3.65. The number of aliphatic hydroxyl groups excluding tert-OH is 1. The van der Waals surface area contributed by atoms with Gasteiger partial charge >= 0.3 is 0 Å². The highest BCUT2D eigenvalue weighted by Crippen LogP contribution is 2.46. The third-order valence-electron chi connectivity index (χ3n) is 13.8. The van der Waals surface area contributed by atoms with Gasteiger partial charge in [0.2, 0.25) is 17.7 Å². The summed E-state index contributed by atoms with van der Waals surface area (Å²) >= 11 is 0. The van der Waals surface area contributed by atoms with Crippen LogP contribution in [-0.4, -0.2) is 98.3 Å². The Kier molecular flexibility index (Phi) is 16.7. The normalized spacial score (nSPS) is 33.1. The molecule has 0 bridgehead atoms. The number of carbonyl (C=O) groups is 3. The van der Waals surface area contributed by atoms with Crippen molar-refractivity contribution in [3.05, 3.63) is 11.1 Å². The molecule has 6 rings (SSSR count). The van der Waals surface area contributed by atoms with Gasteiger partial charge in [0.25, 0.3) is 0 Å². The second kappa shape index (κ2) is 21.6. The summed E-state index contributed by atoms with van der Waals surface area (Å²) in [4.78, 5) is 38.9. The Morgan fingerprint density at radius 2 is 1.31 bits per heavy atom. The predicted molar refractivity (Wildman–Crippen MR) is 207 cm³/mol. The lowest BCUT2D eigenvalue weighted by atomic mass is 9.68. The van der Waals surface area contributed by atoms with Gasteiger partial charge < -0.3 is 29.0 Å². The molecule has 0 spiro atoms. The Morgan fingerprint density at radius 1 is 0.685 bits per heavy atom. The average molecular weight is 757 g/mol. The molecule has 2 saturated heterocycles. The molecule has 4 aliphatic carbocycles. The molecular formula is C44H72N2O8. The topological polar surface area (TPSA) is 124 Å². The second-order valence-corrected chi connectivity index (χ2v) is 17.4. The third kappa shape index (κ3) is 11.4. The van der Waals surface area contributed by atoms with E-state index in [1.54, 1.807) is 4.90 Å². The van der Waals surface area contributed by atoms with Crippen molar-refractivity contribution in [2.45, 2.75) is 173 Å². The lowest BCUT2D eigenvalue weighted by molar-refractivity contribution is -0.144. The summed E-state index contributed by atoms with van der Waals surface area (Å²) in [6, 6.07) is -0.535. The standard InChI is InChI=1S/C44H72N2O8/c1-2-36(31-10-4-3-5-11-31)42(32-14-18-34(47)19-15-32)33-16-20-35(21-17-33)53-28-8-26-51-24-7-25-52-27-9-29-54-40-13-6-12-37-38(40)30-46(44(37)50)39-22-23-41(48)45-43(39)49/h31-35,37-40,47H,2-30H2,1H3,(H,45,48,49)/b42-36-. The maximum Gasteiger partial charge on any atom is 0.249 e. The zero-order valence-electron chi connectivity index (χ0n) is 33.5. The number of imide groups is 1. The summed E-state index contributed by atoms with van der Waals surface area (Å²) in [5.74, 6) is 1.68. The Morgan fingerprint density at radius 3 is 1.96 bits per heavy atom. The van der Waals surface area contributed by atoms with Gasteiger partial charge in [0.05, 0.1) is 18.3 Å². The van der Waals surface area contributed by atoms with Crippen LogP contribution in [0.15, 0.2) is 11.1 Å². The van der Waals surface area contributed by atoms with Crippen molar-refractivity contribution in [3.8, 4) is 0 Å². The Hall–Kier alpha value is -1.85. The van der Waals surface area contributed by atoms with Gasteiger partial charge in [0, 0.05) is 64.4 Å². The number of carbonyl (C=O) groups excluding carboxylic acids is 3. The molecule has 4 atom stereocenters. The number of rotatable bonds is 19. The van der Waals surface area contributed by atoms with Crippen molar-refractivity contribution in [1.82, 2.24) is 10.2 Å². The van der Waals surface area contributed by atoms with Crippen LogP contribution in [0.25, 0.3) is 0 Å². The van der Waals surface area contributed by atoms with E-state index in [9.17, 15) is 19.5 Å². The first kappa shape index (κ1) is 41.8. The Balaban J connectivity index is 0.786. The molecule has 306 valence electrons. The molecule has 2 heterocycles. The molecule has 4 saturated carbocycles. The molecule has 0 aromatic rings. The van der Waals surface area contributed by atoms with Crippen LogP contribution in [0.3, 0.4) is 0 Å². The highest BCUT2D eigenvalue weighted by atomic mass is 16.5. The highest BCUT2D eigenvalue weighted by Gasteiger charge is 2.50. The van der Waals surface area contributed by atoms with Gasteiger partial charge in [0.15, 0.2) is 0 Å². The zero-order valence-corrected chi connectivity index (χ0v) is 33.5. The molecule has 10 heteroatoms. The Labute approximate surface area is 325 Å². The fraction of sp³-hybridized carbons (Fsp3) is 0.886. The molecule has 6 fully saturated rings. The van der Waals surface area contributed by atoms with E-state index in [1.165, 1.54) is 77.0 Å². The van der Waals surface area contributed by atoms with Gasteiger partial charge in [0.1, 0.15) is 6.04 Å². The number of amides is 3.